The molecule has 2 amide bonds. The molecule has 2 saturated heterocycles. The summed E-state index contributed by atoms with van der Waals surface area (Å²) in [7, 11) is 0. The Labute approximate surface area is 140 Å². The van der Waals surface area contributed by atoms with Crippen molar-refractivity contribution in [1.82, 2.24) is 5.32 Å². The molecular weight excluding hydrogens is 315 g/mol. The van der Waals surface area contributed by atoms with Crippen LogP contribution in [0.1, 0.15) is 25.7 Å². The number of urea groups is 1. The Bertz CT molecular complexity index is 558. The summed E-state index contributed by atoms with van der Waals surface area (Å²) in [5.74, 6) is -0.00643. The molecule has 2 fully saturated rings. The summed E-state index contributed by atoms with van der Waals surface area (Å²) in [6.45, 7) is 2.30. The molecule has 24 heavy (non-hydrogen) atoms. The van der Waals surface area contributed by atoms with Gasteiger partial charge in [-0.05, 0) is 37.8 Å². The highest BCUT2D eigenvalue weighted by Crippen LogP contribution is 2.26. The monoisotopic (exact) mass is 338 g/mol. The summed E-state index contributed by atoms with van der Waals surface area (Å²) >= 11 is 0. The normalized spacial score (nSPS) is 23.2. The fraction of sp³-hybridized carbons (Fsp3) is 0.588. The topological polar surface area (TPSA) is 68.8 Å². The molecule has 0 radical (unpaired) electrons. The molecule has 7 heteroatoms. The van der Waals surface area contributed by atoms with Gasteiger partial charge in [-0.15, -0.1) is 0 Å². The van der Waals surface area contributed by atoms with Crippen molar-refractivity contribution < 1.29 is 23.4 Å². The number of ether oxygens (including phenoxy) is 3. The minimum atomic E-state index is -0.436. The van der Waals surface area contributed by atoms with Gasteiger partial charge in [-0.2, -0.15) is 0 Å². The number of carbonyl (C=O) groups excluding carboxylic acids is 1. The lowest BCUT2D eigenvalue weighted by Gasteiger charge is -2.16. The van der Waals surface area contributed by atoms with Crippen molar-refractivity contribution in [2.45, 2.75) is 37.9 Å². The van der Waals surface area contributed by atoms with Gasteiger partial charge in [0.1, 0.15) is 18.2 Å². The zero-order valence-electron chi connectivity index (χ0n) is 13.6. The average Bonchev–Trinajstić information content (AvgIpc) is 3.26. The third-order valence-electron chi connectivity index (χ3n) is 4.15. The molecule has 0 unspecified atom stereocenters. The fourth-order valence-electron chi connectivity index (χ4n) is 2.86. The van der Waals surface area contributed by atoms with Crippen LogP contribution in [0, 0.1) is 5.82 Å². The van der Waals surface area contributed by atoms with Gasteiger partial charge in [-0.3, -0.25) is 0 Å². The second-order valence-corrected chi connectivity index (χ2v) is 6.06. The van der Waals surface area contributed by atoms with E-state index in [1.807, 2.05) is 0 Å². The summed E-state index contributed by atoms with van der Waals surface area (Å²) < 4.78 is 30.1. The van der Waals surface area contributed by atoms with Crippen molar-refractivity contribution in [1.29, 1.82) is 0 Å². The summed E-state index contributed by atoms with van der Waals surface area (Å²) in [5, 5.41) is 5.38. The Hall–Kier alpha value is -1.86. The lowest BCUT2D eigenvalue weighted by atomic mass is 10.2. The molecule has 0 spiro atoms. The van der Waals surface area contributed by atoms with E-state index in [9.17, 15) is 9.18 Å². The molecule has 132 valence electrons. The highest BCUT2D eigenvalue weighted by atomic mass is 19.1. The zero-order valence-corrected chi connectivity index (χ0v) is 13.6. The van der Waals surface area contributed by atoms with Crippen molar-refractivity contribution in [3.63, 3.8) is 0 Å². The SMILES string of the molecule is O=C(NC[C@H]1CCCO1)Nc1cc(F)ccc1OC[C@H]1CCCO1. The van der Waals surface area contributed by atoms with Gasteiger partial charge in [0.05, 0.1) is 17.9 Å². The summed E-state index contributed by atoms with van der Waals surface area (Å²) in [5.41, 5.74) is 0.304. The van der Waals surface area contributed by atoms with Gasteiger partial charge in [-0.25, -0.2) is 9.18 Å². The minimum absolute atomic E-state index is 0.0521. The van der Waals surface area contributed by atoms with Crippen LogP contribution in [0.5, 0.6) is 5.75 Å². The van der Waals surface area contributed by atoms with E-state index in [-0.39, 0.29) is 12.2 Å². The van der Waals surface area contributed by atoms with Crippen LogP contribution < -0.4 is 15.4 Å². The van der Waals surface area contributed by atoms with Gasteiger partial charge in [0.15, 0.2) is 0 Å². The molecule has 2 aliphatic heterocycles. The van der Waals surface area contributed by atoms with E-state index in [1.54, 1.807) is 0 Å². The molecule has 6 nitrogen and oxygen atoms in total. The Morgan fingerprint density at radius 2 is 1.96 bits per heavy atom. The Kier molecular flexibility index (Phi) is 5.87. The third-order valence-corrected chi connectivity index (χ3v) is 4.15. The molecule has 1 aromatic rings. The maximum Gasteiger partial charge on any atom is 0.319 e. The second-order valence-electron chi connectivity index (χ2n) is 6.06. The highest BCUT2D eigenvalue weighted by molar-refractivity contribution is 5.90. The highest BCUT2D eigenvalue weighted by Gasteiger charge is 2.19. The molecular formula is C17H23FN2O4. The minimum Gasteiger partial charge on any atom is -0.489 e. The summed E-state index contributed by atoms with van der Waals surface area (Å²) in [6.07, 6.45) is 4.03. The average molecular weight is 338 g/mol. The van der Waals surface area contributed by atoms with Gasteiger partial charge in [-0.1, -0.05) is 0 Å². The first-order chi connectivity index (χ1) is 11.7. The molecule has 2 atom stereocenters. The van der Waals surface area contributed by atoms with Crippen molar-refractivity contribution in [3.8, 4) is 5.75 Å². The van der Waals surface area contributed by atoms with Gasteiger partial charge < -0.3 is 24.8 Å². The molecule has 0 aromatic heterocycles. The van der Waals surface area contributed by atoms with E-state index >= 15 is 0 Å². The predicted molar refractivity (Wildman–Crippen MR) is 86.9 cm³/mol. The quantitative estimate of drug-likeness (QED) is 0.837. The summed E-state index contributed by atoms with van der Waals surface area (Å²) in [6, 6.07) is 3.66. The van der Waals surface area contributed by atoms with Crippen LogP contribution in [0.15, 0.2) is 18.2 Å². The number of hydrogen-bond acceptors (Lipinski definition) is 4. The van der Waals surface area contributed by atoms with Crippen LogP contribution in [-0.4, -0.2) is 44.6 Å². The van der Waals surface area contributed by atoms with Gasteiger partial charge in [0.2, 0.25) is 0 Å². The number of nitrogens with one attached hydrogen (secondary N) is 2. The van der Waals surface area contributed by atoms with Crippen LogP contribution in [0.3, 0.4) is 0 Å². The van der Waals surface area contributed by atoms with E-state index in [0.717, 1.165) is 38.9 Å². The van der Waals surface area contributed by atoms with Crippen LogP contribution in [0.2, 0.25) is 0 Å². The van der Waals surface area contributed by atoms with Crippen LogP contribution in [-0.2, 0) is 9.47 Å². The maximum atomic E-state index is 13.5. The first-order valence-electron chi connectivity index (χ1n) is 8.41. The Morgan fingerprint density at radius 1 is 1.21 bits per heavy atom. The molecule has 2 aliphatic rings. The van der Waals surface area contributed by atoms with E-state index in [1.165, 1.54) is 18.2 Å². The smallest absolute Gasteiger partial charge is 0.319 e. The molecule has 2 heterocycles. The lowest BCUT2D eigenvalue weighted by molar-refractivity contribution is 0.0682. The first-order valence-corrected chi connectivity index (χ1v) is 8.41. The van der Waals surface area contributed by atoms with Crippen LogP contribution in [0.4, 0.5) is 14.9 Å². The maximum absolute atomic E-state index is 13.5. The van der Waals surface area contributed by atoms with Crippen molar-refractivity contribution in [3.05, 3.63) is 24.0 Å². The molecule has 0 saturated carbocycles. The van der Waals surface area contributed by atoms with E-state index in [0.29, 0.717) is 24.6 Å². The zero-order chi connectivity index (χ0) is 16.8. The molecule has 0 bridgehead atoms. The number of hydrogen-bond donors (Lipinski definition) is 2. The Balaban J connectivity index is 1.54. The summed E-state index contributed by atoms with van der Waals surface area (Å²) in [4.78, 5) is 12.0. The van der Waals surface area contributed by atoms with Gasteiger partial charge in [0, 0.05) is 25.8 Å². The van der Waals surface area contributed by atoms with Gasteiger partial charge >= 0.3 is 6.03 Å². The van der Waals surface area contributed by atoms with Crippen LogP contribution >= 0.6 is 0 Å². The number of benzene rings is 1. The van der Waals surface area contributed by atoms with Gasteiger partial charge in [0.25, 0.3) is 0 Å². The van der Waals surface area contributed by atoms with Crippen molar-refractivity contribution >= 4 is 11.7 Å². The van der Waals surface area contributed by atoms with Crippen LogP contribution in [0.25, 0.3) is 0 Å². The lowest BCUT2D eigenvalue weighted by Crippen LogP contribution is -2.35. The number of carbonyl (C=O) groups is 1. The largest absolute Gasteiger partial charge is 0.489 e. The fourth-order valence-corrected chi connectivity index (χ4v) is 2.86. The third kappa shape index (κ3) is 4.82. The molecule has 1 aromatic carbocycles. The number of halogens is 1. The molecule has 3 rings (SSSR count). The Morgan fingerprint density at radius 3 is 2.67 bits per heavy atom. The standard InChI is InChI=1S/C17H23FN2O4/c18-12-5-6-16(24-11-14-4-2-8-23-14)15(9-12)20-17(21)19-10-13-3-1-7-22-13/h5-6,9,13-14H,1-4,7-8,10-11H2,(H2,19,20,21)/t13-,14-/m1/s1. The second kappa shape index (κ2) is 8.30. The number of anilines is 1. The van der Waals surface area contributed by atoms with Crippen molar-refractivity contribution in [2.24, 2.45) is 0 Å². The van der Waals surface area contributed by atoms with E-state index in [4.69, 9.17) is 14.2 Å². The molecule has 2 N–H and O–H groups in total. The molecule has 0 aliphatic carbocycles. The van der Waals surface area contributed by atoms with Crippen molar-refractivity contribution in [2.75, 3.05) is 31.7 Å². The first kappa shape index (κ1) is 17.0. The number of rotatable bonds is 6. The van der Waals surface area contributed by atoms with E-state index < -0.39 is 11.8 Å². The van der Waals surface area contributed by atoms with E-state index in [2.05, 4.69) is 10.6 Å². The predicted octanol–water partition coefficient (Wildman–Crippen LogP) is 2.68. The number of amides is 2.